The van der Waals surface area contributed by atoms with Crippen LogP contribution < -0.4 is 11.1 Å². The lowest BCUT2D eigenvalue weighted by molar-refractivity contribution is -0.124. The third-order valence-corrected chi connectivity index (χ3v) is 2.57. The second-order valence-electron chi connectivity index (χ2n) is 3.71. The molecule has 0 aromatic carbocycles. The molecule has 2 rings (SSSR count). The van der Waals surface area contributed by atoms with Crippen LogP contribution in [0.4, 0.5) is 5.82 Å². The standard InChI is InChI=1S/C11H15N3O2/c12-7-8-3-1-5-13-10(8)14-11(15)9-4-2-6-16-9/h1,3,5,9H,2,4,6-7,12H2,(H,13,14,15). The molecule has 0 radical (unpaired) electrons. The Morgan fingerprint density at radius 2 is 2.56 bits per heavy atom. The number of amides is 1. The summed E-state index contributed by atoms with van der Waals surface area (Å²) in [6, 6.07) is 3.64. The van der Waals surface area contributed by atoms with E-state index in [1.807, 2.05) is 6.07 Å². The first-order valence-corrected chi connectivity index (χ1v) is 5.37. The van der Waals surface area contributed by atoms with Gasteiger partial charge in [-0.3, -0.25) is 4.79 Å². The molecule has 16 heavy (non-hydrogen) atoms. The number of anilines is 1. The second-order valence-corrected chi connectivity index (χ2v) is 3.71. The Balaban J connectivity index is 2.05. The highest BCUT2D eigenvalue weighted by Crippen LogP contribution is 2.16. The van der Waals surface area contributed by atoms with E-state index in [-0.39, 0.29) is 12.0 Å². The van der Waals surface area contributed by atoms with Crippen molar-refractivity contribution in [2.24, 2.45) is 5.73 Å². The summed E-state index contributed by atoms with van der Waals surface area (Å²) in [5.41, 5.74) is 6.38. The Labute approximate surface area is 94.0 Å². The Hall–Kier alpha value is -1.46. The molecule has 1 aliphatic rings. The summed E-state index contributed by atoms with van der Waals surface area (Å²) in [4.78, 5) is 15.9. The molecule has 1 atom stereocenters. The Morgan fingerprint density at radius 3 is 3.25 bits per heavy atom. The highest BCUT2D eigenvalue weighted by atomic mass is 16.5. The van der Waals surface area contributed by atoms with E-state index in [0.717, 1.165) is 18.4 Å². The molecular formula is C11H15N3O2. The van der Waals surface area contributed by atoms with Crippen LogP contribution in [0.25, 0.3) is 0 Å². The van der Waals surface area contributed by atoms with Crippen LogP contribution in [-0.4, -0.2) is 23.6 Å². The molecule has 86 valence electrons. The van der Waals surface area contributed by atoms with Crippen LogP contribution in [0.5, 0.6) is 0 Å². The van der Waals surface area contributed by atoms with Crippen molar-refractivity contribution in [2.75, 3.05) is 11.9 Å². The van der Waals surface area contributed by atoms with E-state index in [9.17, 15) is 4.79 Å². The lowest BCUT2D eigenvalue weighted by atomic mass is 10.2. The summed E-state index contributed by atoms with van der Waals surface area (Å²) in [5.74, 6) is 0.399. The van der Waals surface area contributed by atoms with Gasteiger partial charge < -0.3 is 15.8 Å². The topological polar surface area (TPSA) is 77.2 Å². The molecule has 1 unspecified atom stereocenters. The molecular weight excluding hydrogens is 206 g/mol. The third-order valence-electron chi connectivity index (χ3n) is 2.57. The molecule has 0 spiro atoms. The fourth-order valence-corrected chi connectivity index (χ4v) is 1.70. The van der Waals surface area contributed by atoms with E-state index in [1.54, 1.807) is 12.3 Å². The molecule has 1 fully saturated rings. The zero-order valence-corrected chi connectivity index (χ0v) is 8.98. The quantitative estimate of drug-likeness (QED) is 0.786. The van der Waals surface area contributed by atoms with Crippen LogP contribution in [-0.2, 0) is 16.1 Å². The van der Waals surface area contributed by atoms with Gasteiger partial charge in [0.25, 0.3) is 5.91 Å². The Bertz CT molecular complexity index is 375. The van der Waals surface area contributed by atoms with Crippen molar-refractivity contribution in [1.29, 1.82) is 0 Å². The molecule has 3 N–H and O–H groups in total. The minimum Gasteiger partial charge on any atom is -0.368 e. The van der Waals surface area contributed by atoms with Gasteiger partial charge in [-0.2, -0.15) is 0 Å². The predicted molar refractivity (Wildman–Crippen MR) is 59.7 cm³/mol. The van der Waals surface area contributed by atoms with Gasteiger partial charge in [-0.1, -0.05) is 6.07 Å². The molecule has 1 saturated heterocycles. The van der Waals surface area contributed by atoms with Crippen LogP contribution in [0.2, 0.25) is 0 Å². The monoisotopic (exact) mass is 221 g/mol. The number of carbonyl (C=O) groups excluding carboxylic acids is 1. The highest BCUT2D eigenvalue weighted by Gasteiger charge is 2.24. The predicted octanol–water partition coefficient (Wildman–Crippen LogP) is 0.658. The van der Waals surface area contributed by atoms with Gasteiger partial charge in [-0.25, -0.2) is 4.98 Å². The second kappa shape index (κ2) is 5.05. The van der Waals surface area contributed by atoms with E-state index < -0.39 is 0 Å². The van der Waals surface area contributed by atoms with Crippen molar-refractivity contribution >= 4 is 11.7 Å². The van der Waals surface area contributed by atoms with Crippen molar-refractivity contribution in [3.8, 4) is 0 Å². The van der Waals surface area contributed by atoms with E-state index in [2.05, 4.69) is 10.3 Å². The van der Waals surface area contributed by atoms with Crippen LogP contribution in [0.1, 0.15) is 18.4 Å². The minimum absolute atomic E-state index is 0.133. The van der Waals surface area contributed by atoms with Gasteiger partial charge in [-0.15, -0.1) is 0 Å². The SMILES string of the molecule is NCc1cccnc1NC(=O)C1CCCO1. The van der Waals surface area contributed by atoms with Gasteiger partial charge in [0.05, 0.1) is 0 Å². The molecule has 1 amide bonds. The Kier molecular flexibility index (Phi) is 3.48. The lowest BCUT2D eigenvalue weighted by Crippen LogP contribution is -2.28. The molecule has 5 nitrogen and oxygen atoms in total. The molecule has 1 aromatic heterocycles. The van der Waals surface area contributed by atoms with E-state index in [0.29, 0.717) is 19.0 Å². The maximum absolute atomic E-state index is 11.8. The van der Waals surface area contributed by atoms with Crippen molar-refractivity contribution in [1.82, 2.24) is 4.98 Å². The van der Waals surface area contributed by atoms with E-state index >= 15 is 0 Å². The van der Waals surface area contributed by atoms with Gasteiger partial charge in [0.1, 0.15) is 11.9 Å². The molecule has 1 aromatic rings. The van der Waals surface area contributed by atoms with Crippen molar-refractivity contribution < 1.29 is 9.53 Å². The Morgan fingerprint density at radius 1 is 1.69 bits per heavy atom. The number of pyridine rings is 1. The number of carbonyl (C=O) groups is 1. The number of aromatic nitrogens is 1. The smallest absolute Gasteiger partial charge is 0.254 e. The summed E-state index contributed by atoms with van der Waals surface area (Å²) >= 11 is 0. The zero-order chi connectivity index (χ0) is 11.4. The maximum atomic E-state index is 11.8. The number of nitrogens with two attached hydrogens (primary N) is 1. The minimum atomic E-state index is -0.340. The summed E-state index contributed by atoms with van der Waals surface area (Å²) < 4.78 is 5.29. The molecule has 5 heteroatoms. The maximum Gasteiger partial charge on any atom is 0.254 e. The number of hydrogen-bond donors (Lipinski definition) is 2. The lowest BCUT2D eigenvalue weighted by Gasteiger charge is -2.11. The van der Waals surface area contributed by atoms with Crippen LogP contribution in [0.15, 0.2) is 18.3 Å². The van der Waals surface area contributed by atoms with Crippen molar-refractivity contribution in [2.45, 2.75) is 25.5 Å². The molecule has 0 saturated carbocycles. The molecule has 0 aliphatic carbocycles. The fourth-order valence-electron chi connectivity index (χ4n) is 1.70. The normalized spacial score (nSPS) is 19.7. The van der Waals surface area contributed by atoms with Gasteiger partial charge >= 0.3 is 0 Å². The summed E-state index contributed by atoms with van der Waals surface area (Å²) in [6.45, 7) is 1.01. The first kappa shape index (κ1) is 11.0. The largest absolute Gasteiger partial charge is 0.368 e. The first-order valence-electron chi connectivity index (χ1n) is 5.37. The van der Waals surface area contributed by atoms with Crippen LogP contribution in [0.3, 0.4) is 0 Å². The van der Waals surface area contributed by atoms with Gasteiger partial charge in [0.2, 0.25) is 0 Å². The third kappa shape index (κ3) is 2.37. The van der Waals surface area contributed by atoms with E-state index in [1.165, 1.54) is 0 Å². The van der Waals surface area contributed by atoms with E-state index in [4.69, 9.17) is 10.5 Å². The number of rotatable bonds is 3. The van der Waals surface area contributed by atoms with Crippen molar-refractivity contribution in [3.63, 3.8) is 0 Å². The number of ether oxygens (including phenoxy) is 1. The average molecular weight is 221 g/mol. The molecule has 0 bridgehead atoms. The summed E-state index contributed by atoms with van der Waals surface area (Å²) in [6.07, 6.45) is 3.00. The molecule has 1 aliphatic heterocycles. The highest BCUT2D eigenvalue weighted by molar-refractivity contribution is 5.94. The van der Waals surface area contributed by atoms with Gasteiger partial charge in [0, 0.05) is 24.9 Å². The van der Waals surface area contributed by atoms with Crippen molar-refractivity contribution in [3.05, 3.63) is 23.9 Å². The average Bonchev–Trinajstić information content (AvgIpc) is 2.83. The summed E-state index contributed by atoms with van der Waals surface area (Å²) in [7, 11) is 0. The fraction of sp³-hybridized carbons (Fsp3) is 0.455. The number of nitrogens with zero attached hydrogens (tertiary/aromatic N) is 1. The zero-order valence-electron chi connectivity index (χ0n) is 8.98. The van der Waals surface area contributed by atoms with Crippen LogP contribution >= 0.6 is 0 Å². The summed E-state index contributed by atoms with van der Waals surface area (Å²) in [5, 5.41) is 2.75. The number of nitrogens with one attached hydrogen (secondary N) is 1. The van der Waals surface area contributed by atoms with Crippen LogP contribution in [0, 0.1) is 0 Å². The van der Waals surface area contributed by atoms with Gasteiger partial charge in [0.15, 0.2) is 0 Å². The molecule has 2 heterocycles. The number of hydrogen-bond acceptors (Lipinski definition) is 4. The van der Waals surface area contributed by atoms with Gasteiger partial charge in [-0.05, 0) is 18.9 Å². The first-order chi connectivity index (χ1) is 7.81.